The normalized spacial score (nSPS) is 18.6. The van der Waals surface area contributed by atoms with Gasteiger partial charge in [0.05, 0.1) is 0 Å². The summed E-state index contributed by atoms with van der Waals surface area (Å²) in [6.45, 7) is 5.23. The minimum atomic E-state index is -3.48. The molecule has 0 saturated heterocycles. The first-order valence-corrected chi connectivity index (χ1v) is 7.20. The van der Waals surface area contributed by atoms with Gasteiger partial charge in [-0.1, -0.05) is 5.16 Å². The minimum Gasteiger partial charge on any atom is -0.360 e. The van der Waals surface area contributed by atoms with Crippen molar-refractivity contribution in [2.75, 3.05) is 7.05 Å². The van der Waals surface area contributed by atoms with Gasteiger partial charge in [-0.2, -0.15) is 4.31 Å². The van der Waals surface area contributed by atoms with Crippen LogP contribution in [-0.2, 0) is 10.0 Å². The highest BCUT2D eigenvalue weighted by Gasteiger charge is 2.38. The van der Waals surface area contributed by atoms with Crippen molar-refractivity contribution in [2.24, 2.45) is 5.92 Å². The van der Waals surface area contributed by atoms with Gasteiger partial charge < -0.3 is 4.52 Å². The van der Waals surface area contributed by atoms with E-state index in [0.29, 0.717) is 17.4 Å². The monoisotopic (exact) mass is 258 g/mol. The standard InChI is InChI=1S/C11H18N2O3S/c1-7-11(9(3)16-12-7)17(14,15)13(4)8(2)10-5-6-10/h8,10H,5-6H2,1-4H3. The van der Waals surface area contributed by atoms with Gasteiger partial charge in [0.2, 0.25) is 10.0 Å². The zero-order chi connectivity index (χ0) is 12.8. The van der Waals surface area contributed by atoms with Gasteiger partial charge in [-0.15, -0.1) is 0 Å². The lowest BCUT2D eigenvalue weighted by Gasteiger charge is -2.23. The van der Waals surface area contributed by atoms with Crippen molar-refractivity contribution in [3.63, 3.8) is 0 Å². The highest BCUT2D eigenvalue weighted by molar-refractivity contribution is 7.89. The highest BCUT2D eigenvalue weighted by Crippen LogP contribution is 2.37. The molecule has 96 valence electrons. The lowest BCUT2D eigenvalue weighted by atomic mass is 10.2. The second kappa shape index (κ2) is 4.10. The third kappa shape index (κ3) is 2.11. The van der Waals surface area contributed by atoms with Gasteiger partial charge in [0.1, 0.15) is 10.6 Å². The van der Waals surface area contributed by atoms with Crippen molar-refractivity contribution in [3.05, 3.63) is 11.5 Å². The van der Waals surface area contributed by atoms with E-state index in [9.17, 15) is 8.42 Å². The summed E-state index contributed by atoms with van der Waals surface area (Å²) in [4.78, 5) is 0.215. The molecule has 1 aliphatic rings. The Hall–Kier alpha value is -0.880. The van der Waals surface area contributed by atoms with Crippen molar-refractivity contribution in [2.45, 2.75) is 44.6 Å². The number of nitrogens with zero attached hydrogens (tertiary/aromatic N) is 2. The molecule has 0 radical (unpaired) electrons. The van der Waals surface area contributed by atoms with E-state index in [4.69, 9.17) is 4.52 Å². The van der Waals surface area contributed by atoms with Crippen LogP contribution in [0.1, 0.15) is 31.2 Å². The summed E-state index contributed by atoms with van der Waals surface area (Å²) in [6, 6.07) is 0.0358. The van der Waals surface area contributed by atoms with Crippen molar-refractivity contribution < 1.29 is 12.9 Å². The molecule has 0 spiro atoms. The van der Waals surface area contributed by atoms with Crippen molar-refractivity contribution in [3.8, 4) is 0 Å². The van der Waals surface area contributed by atoms with Gasteiger partial charge in [-0.25, -0.2) is 8.42 Å². The fraction of sp³-hybridized carbons (Fsp3) is 0.727. The predicted octanol–water partition coefficient (Wildman–Crippen LogP) is 1.71. The quantitative estimate of drug-likeness (QED) is 0.824. The summed E-state index contributed by atoms with van der Waals surface area (Å²) in [5.41, 5.74) is 0.428. The van der Waals surface area contributed by atoms with Gasteiger partial charge in [-0.3, -0.25) is 0 Å². The van der Waals surface area contributed by atoms with Gasteiger partial charge in [-0.05, 0) is 39.5 Å². The minimum absolute atomic E-state index is 0.0358. The van der Waals surface area contributed by atoms with E-state index in [2.05, 4.69) is 5.16 Å². The van der Waals surface area contributed by atoms with Crippen LogP contribution in [0.25, 0.3) is 0 Å². The number of rotatable bonds is 4. The molecule has 1 aliphatic carbocycles. The maximum Gasteiger partial charge on any atom is 0.248 e. The van der Waals surface area contributed by atoms with Crippen LogP contribution in [0.4, 0.5) is 0 Å². The molecule has 0 aromatic carbocycles. The van der Waals surface area contributed by atoms with E-state index in [1.54, 1.807) is 20.9 Å². The van der Waals surface area contributed by atoms with Crippen LogP contribution in [0.5, 0.6) is 0 Å². The molecule has 0 bridgehead atoms. The number of aryl methyl sites for hydroxylation is 2. The van der Waals surface area contributed by atoms with Gasteiger partial charge >= 0.3 is 0 Å². The summed E-state index contributed by atoms with van der Waals surface area (Å²) in [7, 11) is -1.86. The summed E-state index contributed by atoms with van der Waals surface area (Å²) >= 11 is 0. The zero-order valence-electron chi connectivity index (χ0n) is 10.6. The molecule has 2 rings (SSSR count). The number of hydrogen-bond acceptors (Lipinski definition) is 4. The highest BCUT2D eigenvalue weighted by atomic mass is 32.2. The van der Waals surface area contributed by atoms with Crippen LogP contribution in [0.15, 0.2) is 9.42 Å². The first kappa shape index (κ1) is 12.6. The zero-order valence-corrected chi connectivity index (χ0v) is 11.4. The Bertz CT molecular complexity index is 497. The van der Waals surface area contributed by atoms with Crippen LogP contribution in [0.2, 0.25) is 0 Å². The molecule has 17 heavy (non-hydrogen) atoms. The number of aromatic nitrogens is 1. The van der Waals surface area contributed by atoms with Gasteiger partial charge in [0.25, 0.3) is 0 Å². The Labute approximate surface area is 102 Å². The van der Waals surface area contributed by atoms with Crippen molar-refractivity contribution in [1.29, 1.82) is 0 Å². The van der Waals surface area contributed by atoms with Crippen molar-refractivity contribution in [1.82, 2.24) is 9.46 Å². The summed E-state index contributed by atoms with van der Waals surface area (Å²) < 4.78 is 31.2. The topological polar surface area (TPSA) is 63.4 Å². The SMILES string of the molecule is Cc1noc(C)c1S(=O)(=O)N(C)C(C)C1CC1. The molecule has 1 atom stereocenters. The average Bonchev–Trinajstić information content (AvgIpc) is 3.03. The number of sulfonamides is 1. The predicted molar refractivity (Wildman–Crippen MR) is 63.1 cm³/mol. The van der Waals surface area contributed by atoms with Crippen LogP contribution >= 0.6 is 0 Å². The van der Waals surface area contributed by atoms with Crippen LogP contribution in [-0.4, -0.2) is 31.0 Å². The third-order valence-corrected chi connectivity index (χ3v) is 5.67. The molecule has 6 heteroatoms. The smallest absolute Gasteiger partial charge is 0.248 e. The molecule has 1 saturated carbocycles. The van der Waals surface area contributed by atoms with E-state index < -0.39 is 10.0 Å². The largest absolute Gasteiger partial charge is 0.360 e. The molecular formula is C11H18N2O3S. The molecule has 0 N–H and O–H groups in total. The lowest BCUT2D eigenvalue weighted by Crippen LogP contribution is -2.36. The van der Waals surface area contributed by atoms with E-state index in [-0.39, 0.29) is 10.9 Å². The van der Waals surface area contributed by atoms with Crippen molar-refractivity contribution >= 4 is 10.0 Å². The van der Waals surface area contributed by atoms with Crippen LogP contribution in [0.3, 0.4) is 0 Å². The summed E-state index contributed by atoms with van der Waals surface area (Å²) in [5, 5.41) is 3.70. The molecular weight excluding hydrogens is 240 g/mol. The molecule has 1 aromatic rings. The van der Waals surface area contributed by atoms with E-state index >= 15 is 0 Å². The summed E-state index contributed by atoms with van der Waals surface area (Å²) in [6.07, 6.45) is 2.23. The van der Waals surface area contributed by atoms with E-state index in [1.165, 1.54) is 4.31 Å². The Morgan fingerprint density at radius 2 is 2.00 bits per heavy atom. The van der Waals surface area contributed by atoms with Crippen LogP contribution < -0.4 is 0 Å². The van der Waals surface area contributed by atoms with Gasteiger partial charge in [0, 0.05) is 13.1 Å². The van der Waals surface area contributed by atoms with E-state index in [0.717, 1.165) is 12.8 Å². The fourth-order valence-electron chi connectivity index (χ4n) is 2.08. The average molecular weight is 258 g/mol. The van der Waals surface area contributed by atoms with Gasteiger partial charge in [0.15, 0.2) is 5.76 Å². The van der Waals surface area contributed by atoms with Crippen LogP contribution in [0, 0.1) is 19.8 Å². The Morgan fingerprint density at radius 1 is 1.41 bits per heavy atom. The summed E-state index contributed by atoms with van der Waals surface area (Å²) in [5.74, 6) is 0.854. The molecule has 1 fully saturated rings. The molecule has 1 unspecified atom stereocenters. The second-order valence-corrected chi connectivity index (χ2v) is 6.69. The Morgan fingerprint density at radius 3 is 2.41 bits per heavy atom. The number of hydrogen-bond donors (Lipinski definition) is 0. The first-order valence-electron chi connectivity index (χ1n) is 5.76. The Balaban J connectivity index is 2.35. The molecule has 0 amide bonds. The fourth-order valence-corrected chi connectivity index (χ4v) is 3.79. The third-order valence-electron chi connectivity index (χ3n) is 3.48. The molecule has 0 aliphatic heterocycles. The lowest BCUT2D eigenvalue weighted by molar-refractivity contribution is 0.355. The first-order chi connectivity index (χ1) is 7.85. The maximum atomic E-state index is 12.4. The maximum absolute atomic E-state index is 12.4. The second-order valence-electron chi connectivity index (χ2n) is 4.75. The Kier molecular flexibility index (Phi) is 3.03. The molecule has 1 heterocycles. The van der Waals surface area contributed by atoms with E-state index in [1.807, 2.05) is 6.92 Å². The molecule has 5 nitrogen and oxygen atoms in total. The molecule has 1 aromatic heterocycles.